The molecule has 0 aliphatic rings. The second-order valence-electron chi connectivity index (χ2n) is 6.82. The average Bonchev–Trinajstić information content (AvgIpc) is 2.62. The zero-order valence-corrected chi connectivity index (χ0v) is 17.8. The first-order chi connectivity index (χ1) is 12.7. The molecule has 0 aliphatic heterocycles. The van der Waals surface area contributed by atoms with Gasteiger partial charge in [0.15, 0.2) is 0 Å². The van der Waals surface area contributed by atoms with Gasteiger partial charge >= 0.3 is 0 Å². The molecule has 1 rings (SSSR count). The highest BCUT2D eigenvalue weighted by Gasteiger charge is 2.20. The van der Waals surface area contributed by atoms with E-state index in [0.717, 1.165) is 23.4 Å². The van der Waals surface area contributed by atoms with E-state index in [-0.39, 0.29) is 11.7 Å². The Kier molecular flexibility index (Phi) is 8.85. The number of rotatable bonds is 9. The van der Waals surface area contributed by atoms with Crippen LogP contribution in [-0.4, -0.2) is 35.9 Å². The van der Waals surface area contributed by atoms with Crippen LogP contribution in [0.25, 0.3) is 0 Å². The van der Waals surface area contributed by atoms with Gasteiger partial charge in [-0.05, 0) is 52.2 Å². The van der Waals surface area contributed by atoms with Gasteiger partial charge in [0.1, 0.15) is 12.4 Å². The number of nitrogens with one attached hydrogen (secondary N) is 1. The number of nitrogens with two attached hydrogens (primary N) is 1. The number of hydrogen-bond acceptors (Lipinski definition) is 5. The van der Waals surface area contributed by atoms with Gasteiger partial charge < -0.3 is 20.7 Å². The van der Waals surface area contributed by atoms with Gasteiger partial charge in [0.05, 0.1) is 17.5 Å². The van der Waals surface area contributed by atoms with Crippen LogP contribution in [0.4, 0.5) is 5.82 Å². The van der Waals surface area contributed by atoms with Gasteiger partial charge in [-0.15, -0.1) is 0 Å². The molecule has 0 atom stereocenters. The number of allylic oxidation sites excluding steroid dienone is 3. The summed E-state index contributed by atoms with van der Waals surface area (Å²) >= 11 is 0. The zero-order chi connectivity index (χ0) is 20.6. The Balaban J connectivity index is 2.93. The minimum atomic E-state index is -0.177. The third-order valence-corrected chi connectivity index (χ3v) is 4.76. The lowest BCUT2D eigenvalue weighted by atomic mass is 9.98. The van der Waals surface area contributed by atoms with Crippen molar-refractivity contribution in [3.05, 3.63) is 46.0 Å². The number of pyridine rings is 1. The van der Waals surface area contributed by atoms with E-state index in [9.17, 15) is 4.79 Å². The van der Waals surface area contributed by atoms with E-state index in [1.807, 2.05) is 33.9 Å². The maximum Gasteiger partial charge on any atom is 0.255 e. The Hall–Kier alpha value is -2.50. The van der Waals surface area contributed by atoms with Crippen molar-refractivity contribution >= 4 is 11.7 Å². The molecule has 0 bridgehead atoms. The van der Waals surface area contributed by atoms with Crippen LogP contribution in [0.3, 0.4) is 0 Å². The number of amides is 1. The zero-order valence-electron chi connectivity index (χ0n) is 17.8. The molecule has 0 aromatic carbocycles. The Morgan fingerprint density at radius 3 is 2.56 bits per heavy atom. The summed E-state index contributed by atoms with van der Waals surface area (Å²) in [6.07, 6.45) is 4.14. The minimum Gasteiger partial charge on any atom is -0.495 e. The number of nitrogens with zero attached hydrogens (tertiary/aromatic N) is 2. The summed E-state index contributed by atoms with van der Waals surface area (Å²) in [6.45, 7) is 13.7. The van der Waals surface area contributed by atoms with Crippen molar-refractivity contribution in [1.29, 1.82) is 0 Å². The molecule has 0 spiro atoms. The van der Waals surface area contributed by atoms with Crippen LogP contribution in [-0.2, 0) is 17.8 Å². The van der Waals surface area contributed by atoms with Crippen LogP contribution in [0, 0.1) is 6.92 Å². The van der Waals surface area contributed by atoms with Gasteiger partial charge in [-0.3, -0.25) is 4.79 Å². The molecule has 0 saturated heterocycles. The first-order valence-electron chi connectivity index (χ1n) is 9.38. The topological polar surface area (TPSA) is 80.5 Å². The smallest absolute Gasteiger partial charge is 0.255 e. The largest absolute Gasteiger partial charge is 0.495 e. The van der Waals surface area contributed by atoms with E-state index in [2.05, 4.69) is 36.0 Å². The number of aromatic nitrogens is 1. The van der Waals surface area contributed by atoms with Crippen molar-refractivity contribution < 1.29 is 9.53 Å². The van der Waals surface area contributed by atoms with Crippen LogP contribution in [0.1, 0.15) is 61.8 Å². The Bertz CT molecular complexity index is 719. The molecule has 3 N–H and O–H groups in total. The molecule has 1 aromatic heterocycles. The van der Waals surface area contributed by atoms with Crippen LogP contribution in [0.15, 0.2) is 23.6 Å². The summed E-state index contributed by atoms with van der Waals surface area (Å²) in [5, 5.41) is 2.97. The lowest BCUT2D eigenvalue weighted by molar-refractivity contribution is 0.0950. The normalized spacial score (nSPS) is 10.8. The number of likely N-dealkylation sites (N-methyl/N-ethyl adjacent to an activating group) is 1. The van der Waals surface area contributed by atoms with Crippen molar-refractivity contribution in [2.45, 2.75) is 54.6 Å². The fraction of sp³-hybridized carbons (Fsp3) is 0.524. The van der Waals surface area contributed by atoms with Crippen molar-refractivity contribution in [2.24, 2.45) is 0 Å². The lowest BCUT2D eigenvalue weighted by Gasteiger charge is -2.22. The number of carbonyl (C=O) groups excluding carboxylic acids is 1. The molecule has 0 aliphatic carbocycles. The average molecular weight is 375 g/mol. The highest BCUT2D eigenvalue weighted by molar-refractivity contribution is 6.00. The maximum absolute atomic E-state index is 12.8. The number of ether oxygens (including phenoxy) is 1. The van der Waals surface area contributed by atoms with Crippen molar-refractivity contribution in [2.75, 3.05) is 25.9 Å². The SMILES string of the molecule is C/C=C\OCc1nc(N)c(C(=O)NCCN(C)C(C)=C(C)C)c(CC)c1C. The lowest BCUT2D eigenvalue weighted by Crippen LogP contribution is -2.33. The second kappa shape index (κ2) is 10.6. The Labute approximate surface area is 163 Å². The van der Waals surface area contributed by atoms with Gasteiger partial charge in [0, 0.05) is 25.8 Å². The molecule has 1 heterocycles. The van der Waals surface area contributed by atoms with E-state index in [1.54, 1.807) is 6.26 Å². The Morgan fingerprint density at radius 1 is 1.33 bits per heavy atom. The number of hydrogen-bond donors (Lipinski definition) is 2. The highest BCUT2D eigenvalue weighted by atomic mass is 16.5. The van der Waals surface area contributed by atoms with Gasteiger partial charge in [0.2, 0.25) is 0 Å². The van der Waals surface area contributed by atoms with Gasteiger partial charge in [-0.1, -0.05) is 18.6 Å². The number of anilines is 1. The standard InChI is InChI=1S/C21H34N4O2/c1-8-12-27-13-18-15(5)17(9-2)19(20(22)24-18)21(26)23-10-11-25(7)16(6)14(3)4/h8,12H,9-11,13H2,1-7H3,(H2,22,24)(H,23,26)/b12-8-. The number of carbonyl (C=O) groups is 1. The van der Waals surface area contributed by atoms with E-state index >= 15 is 0 Å². The summed E-state index contributed by atoms with van der Waals surface area (Å²) in [6, 6.07) is 0. The van der Waals surface area contributed by atoms with Crippen molar-refractivity contribution in [1.82, 2.24) is 15.2 Å². The summed E-state index contributed by atoms with van der Waals surface area (Å²) in [4.78, 5) is 19.3. The molecule has 150 valence electrons. The Morgan fingerprint density at radius 2 is 2.00 bits per heavy atom. The van der Waals surface area contributed by atoms with Gasteiger partial charge in [-0.2, -0.15) is 0 Å². The number of nitrogen functional groups attached to an aromatic ring is 1. The molecule has 0 unspecified atom stereocenters. The predicted molar refractivity (Wildman–Crippen MR) is 111 cm³/mol. The quantitative estimate of drug-likeness (QED) is 0.646. The summed E-state index contributed by atoms with van der Waals surface area (Å²) in [5.41, 5.74) is 11.7. The molecule has 1 aromatic rings. The van der Waals surface area contributed by atoms with E-state index < -0.39 is 0 Å². The fourth-order valence-electron chi connectivity index (χ4n) is 2.84. The first-order valence-corrected chi connectivity index (χ1v) is 9.38. The van der Waals surface area contributed by atoms with E-state index in [1.165, 1.54) is 11.3 Å². The van der Waals surface area contributed by atoms with E-state index in [4.69, 9.17) is 10.5 Å². The monoisotopic (exact) mass is 374 g/mol. The predicted octanol–water partition coefficient (Wildman–Crippen LogP) is 3.56. The molecular formula is C21H34N4O2. The van der Waals surface area contributed by atoms with Crippen LogP contribution in [0.2, 0.25) is 0 Å². The molecule has 0 saturated carbocycles. The summed E-state index contributed by atoms with van der Waals surface area (Å²) < 4.78 is 5.43. The fourth-order valence-corrected chi connectivity index (χ4v) is 2.84. The van der Waals surface area contributed by atoms with Crippen molar-refractivity contribution in [3.8, 4) is 0 Å². The molecular weight excluding hydrogens is 340 g/mol. The first kappa shape index (κ1) is 22.5. The molecule has 0 radical (unpaired) electrons. The third kappa shape index (κ3) is 6.01. The molecule has 1 amide bonds. The molecule has 0 fully saturated rings. The van der Waals surface area contributed by atoms with Gasteiger partial charge in [-0.25, -0.2) is 4.98 Å². The van der Waals surface area contributed by atoms with Crippen LogP contribution in [0.5, 0.6) is 0 Å². The maximum atomic E-state index is 12.8. The van der Waals surface area contributed by atoms with Gasteiger partial charge in [0.25, 0.3) is 5.91 Å². The molecule has 6 heteroatoms. The highest BCUT2D eigenvalue weighted by Crippen LogP contribution is 2.23. The minimum absolute atomic E-state index is 0.177. The summed E-state index contributed by atoms with van der Waals surface area (Å²) in [5.74, 6) is 0.0759. The van der Waals surface area contributed by atoms with E-state index in [0.29, 0.717) is 25.1 Å². The molecule has 6 nitrogen and oxygen atoms in total. The second-order valence-corrected chi connectivity index (χ2v) is 6.82. The molecule has 27 heavy (non-hydrogen) atoms. The van der Waals surface area contributed by atoms with Crippen LogP contribution < -0.4 is 11.1 Å². The third-order valence-electron chi connectivity index (χ3n) is 4.76. The summed E-state index contributed by atoms with van der Waals surface area (Å²) in [7, 11) is 2.02. The van der Waals surface area contributed by atoms with Crippen LogP contribution >= 0.6 is 0 Å². The van der Waals surface area contributed by atoms with Crippen molar-refractivity contribution in [3.63, 3.8) is 0 Å².